The largest absolute Gasteiger partial charge is 0.396 e. The molecule has 1 rings (SSSR count). The number of carbonyl (C=O) groups excluding carboxylic acids is 1. The predicted octanol–water partition coefficient (Wildman–Crippen LogP) is 1.29. The van der Waals surface area contributed by atoms with E-state index in [-0.39, 0.29) is 18.6 Å². The SMILES string of the molecule is CCC(CCO)CNC(=O)C1CC(CC)CCN1. The Morgan fingerprint density at radius 3 is 2.89 bits per heavy atom. The standard InChI is InChI=1S/C14H28N2O2/c1-3-11-5-7-15-13(9-11)14(18)16-10-12(4-2)6-8-17/h11-13,15,17H,3-10H2,1-2H3,(H,16,18). The van der Waals surface area contributed by atoms with Crippen LogP contribution >= 0.6 is 0 Å². The van der Waals surface area contributed by atoms with Gasteiger partial charge in [0.05, 0.1) is 6.04 Å². The Bertz CT molecular complexity index is 246. The topological polar surface area (TPSA) is 61.4 Å². The number of hydrogen-bond acceptors (Lipinski definition) is 3. The summed E-state index contributed by atoms with van der Waals surface area (Å²) in [5.41, 5.74) is 0. The molecule has 0 spiro atoms. The second-order valence-corrected chi connectivity index (χ2v) is 5.34. The van der Waals surface area contributed by atoms with Crippen molar-refractivity contribution in [1.82, 2.24) is 10.6 Å². The minimum atomic E-state index is -0.0182. The van der Waals surface area contributed by atoms with Crippen LogP contribution in [0.15, 0.2) is 0 Å². The summed E-state index contributed by atoms with van der Waals surface area (Å²) >= 11 is 0. The van der Waals surface area contributed by atoms with Gasteiger partial charge in [-0.05, 0) is 37.6 Å². The lowest BCUT2D eigenvalue weighted by molar-refractivity contribution is -0.124. The number of hydrogen-bond donors (Lipinski definition) is 3. The van der Waals surface area contributed by atoms with Gasteiger partial charge >= 0.3 is 0 Å². The molecule has 1 aliphatic heterocycles. The van der Waals surface area contributed by atoms with Crippen LogP contribution in [0.2, 0.25) is 0 Å². The highest BCUT2D eigenvalue weighted by atomic mass is 16.3. The maximum absolute atomic E-state index is 12.0. The molecule has 1 amide bonds. The second kappa shape index (κ2) is 8.48. The summed E-state index contributed by atoms with van der Waals surface area (Å²) in [5, 5.41) is 15.2. The van der Waals surface area contributed by atoms with Gasteiger partial charge < -0.3 is 15.7 Å². The van der Waals surface area contributed by atoms with Crippen LogP contribution in [0.4, 0.5) is 0 Å². The zero-order valence-electron chi connectivity index (χ0n) is 11.7. The van der Waals surface area contributed by atoms with Gasteiger partial charge in [-0.3, -0.25) is 4.79 Å². The molecule has 106 valence electrons. The minimum absolute atomic E-state index is 0.0182. The van der Waals surface area contributed by atoms with Crippen LogP contribution in [0.25, 0.3) is 0 Å². The number of aliphatic hydroxyl groups is 1. The molecule has 1 saturated heterocycles. The van der Waals surface area contributed by atoms with Gasteiger partial charge in [-0.15, -0.1) is 0 Å². The van der Waals surface area contributed by atoms with Crippen molar-refractivity contribution >= 4 is 5.91 Å². The fourth-order valence-corrected chi connectivity index (χ4v) is 2.57. The Balaban J connectivity index is 2.31. The quantitative estimate of drug-likeness (QED) is 0.643. The van der Waals surface area contributed by atoms with Crippen molar-refractivity contribution in [2.45, 2.75) is 52.0 Å². The highest BCUT2D eigenvalue weighted by Gasteiger charge is 2.25. The molecule has 0 aromatic rings. The van der Waals surface area contributed by atoms with Gasteiger partial charge in [0.15, 0.2) is 0 Å². The summed E-state index contributed by atoms with van der Waals surface area (Å²) in [6.07, 6.45) is 5.07. The summed E-state index contributed by atoms with van der Waals surface area (Å²) < 4.78 is 0. The van der Waals surface area contributed by atoms with Crippen molar-refractivity contribution in [2.24, 2.45) is 11.8 Å². The average molecular weight is 256 g/mol. The second-order valence-electron chi connectivity index (χ2n) is 5.34. The van der Waals surface area contributed by atoms with Crippen LogP contribution in [0, 0.1) is 11.8 Å². The van der Waals surface area contributed by atoms with E-state index >= 15 is 0 Å². The van der Waals surface area contributed by atoms with Gasteiger partial charge in [-0.25, -0.2) is 0 Å². The minimum Gasteiger partial charge on any atom is -0.396 e. The van der Waals surface area contributed by atoms with Crippen LogP contribution in [0.3, 0.4) is 0 Å². The molecule has 1 fully saturated rings. The van der Waals surface area contributed by atoms with Crippen LogP contribution in [-0.4, -0.2) is 36.8 Å². The lowest BCUT2D eigenvalue weighted by Gasteiger charge is -2.29. The first kappa shape index (κ1) is 15.4. The van der Waals surface area contributed by atoms with E-state index in [0.29, 0.717) is 18.4 Å². The molecule has 1 aliphatic rings. The predicted molar refractivity (Wildman–Crippen MR) is 73.3 cm³/mol. The van der Waals surface area contributed by atoms with Crippen molar-refractivity contribution in [1.29, 1.82) is 0 Å². The molecule has 0 aromatic heterocycles. The highest BCUT2D eigenvalue weighted by Crippen LogP contribution is 2.19. The molecule has 3 atom stereocenters. The molecular formula is C14H28N2O2. The van der Waals surface area contributed by atoms with Crippen molar-refractivity contribution in [3.05, 3.63) is 0 Å². The molecule has 4 heteroatoms. The first-order valence-electron chi connectivity index (χ1n) is 7.33. The molecule has 0 bridgehead atoms. The van der Waals surface area contributed by atoms with Gasteiger partial charge in [0, 0.05) is 13.2 Å². The zero-order valence-corrected chi connectivity index (χ0v) is 11.7. The molecule has 3 unspecified atom stereocenters. The van der Waals surface area contributed by atoms with Gasteiger partial charge in [0.25, 0.3) is 0 Å². The van der Waals surface area contributed by atoms with Gasteiger partial charge in [-0.1, -0.05) is 26.7 Å². The van der Waals surface area contributed by atoms with Crippen LogP contribution < -0.4 is 10.6 Å². The zero-order chi connectivity index (χ0) is 13.4. The number of nitrogens with one attached hydrogen (secondary N) is 2. The third-order valence-corrected chi connectivity index (χ3v) is 4.09. The fourth-order valence-electron chi connectivity index (χ4n) is 2.57. The van der Waals surface area contributed by atoms with E-state index in [2.05, 4.69) is 24.5 Å². The van der Waals surface area contributed by atoms with Crippen LogP contribution in [0.1, 0.15) is 46.0 Å². The van der Waals surface area contributed by atoms with Gasteiger partial charge in [-0.2, -0.15) is 0 Å². The van der Waals surface area contributed by atoms with Gasteiger partial charge in [0.1, 0.15) is 0 Å². The van der Waals surface area contributed by atoms with E-state index in [4.69, 9.17) is 5.11 Å². The third kappa shape index (κ3) is 4.94. The number of amides is 1. The fraction of sp³-hybridized carbons (Fsp3) is 0.929. The Morgan fingerprint density at radius 1 is 1.50 bits per heavy atom. The molecule has 0 aromatic carbocycles. The summed E-state index contributed by atoms with van der Waals surface area (Å²) in [6.45, 7) is 6.13. The summed E-state index contributed by atoms with van der Waals surface area (Å²) in [5.74, 6) is 1.20. The lowest BCUT2D eigenvalue weighted by atomic mass is 9.90. The van der Waals surface area contributed by atoms with Gasteiger partial charge in [0.2, 0.25) is 5.91 Å². The number of carbonyl (C=O) groups is 1. The van der Waals surface area contributed by atoms with Crippen molar-refractivity contribution in [2.75, 3.05) is 19.7 Å². The molecule has 1 heterocycles. The monoisotopic (exact) mass is 256 g/mol. The summed E-state index contributed by atoms with van der Waals surface area (Å²) in [7, 11) is 0. The molecule has 18 heavy (non-hydrogen) atoms. The van der Waals surface area contributed by atoms with Crippen molar-refractivity contribution < 1.29 is 9.90 Å². The van der Waals surface area contributed by atoms with E-state index < -0.39 is 0 Å². The Hall–Kier alpha value is -0.610. The van der Waals surface area contributed by atoms with E-state index in [9.17, 15) is 4.79 Å². The average Bonchev–Trinajstić information content (AvgIpc) is 2.43. The molecule has 0 saturated carbocycles. The van der Waals surface area contributed by atoms with E-state index in [0.717, 1.165) is 32.2 Å². The number of piperidine rings is 1. The third-order valence-electron chi connectivity index (χ3n) is 4.09. The van der Waals surface area contributed by atoms with E-state index in [1.807, 2.05) is 0 Å². The summed E-state index contributed by atoms with van der Waals surface area (Å²) in [4.78, 5) is 12.0. The molecule has 3 N–H and O–H groups in total. The first-order chi connectivity index (χ1) is 8.71. The van der Waals surface area contributed by atoms with Crippen LogP contribution in [-0.2, 0) is 4.79 Å². The normalized spacial score (nSPS) is 25.7. The Labute approximate surface area is 111 Å². The van der Waals surface area contributed by atoms with E-state index in [1.165, 1.54) is 6.42 Å². The Kier molecular flexibility index (Phi) is 7.28. The smallest absolute Gasteiger partial charge is 0.237 e. The molecule has 0 aliphatic carbocycles. The highest BCUT2D eigenvalue weighted by molar-refractivity contribution is 5.81. The maximum atomic E-state index is 12.0. The lowest BCUT2D eigenvalue weighted by Crippen LogP contribution is -2.49. The number of aliphatic hydroxyl groups excluding tert-OH is 1. The Morgan fingerprint density at radius 2 is 2.28 bits per heavy atom. The molecular weight excluding hydrogens is 228 g/mol. The van der Waals surface area contributed by atoms with Crippen molar-refractivity contribution in [3.63, 3.8) is 0 Å². The molecule has 4 nitrogen and oxygen atoms in total. The number of rotatable bonds is 7. The summed E-state index contributed by atoms with van der Waals surface area (Å²) in [6, 6.07) is -0.0182. The van der Waals surface area contributed by atoms with E-state index in [1.54, 1.807) is 0 Å². The molecule has 0 radical (unpaired) electrons. The van der Waals surface area contributed by atoms with Crippen LogP contribution in [0.5, 0.6) is 0 Å². The van der Waals surface area contributed by atoms with Crippen molar-refractivity contribution in [3.8, 4) is 0 Å². The first-order valence-corrected chi connectivity index (χ1v) is 7.33. The maximum Gasteiger partial charge on any atom is 0.237 e.